The van der Waals surface area contributed by atoms with E-state index < -0.39 is 18.2 Å². The molecule has 0 unspecified atom stereocenters. The van der Waals surface area contributed by atoms with Gasteiger partial charge in [-0.2, -0.15) is 0 Å². The van der Waals surface area contributed by atoms with Gasteiger partial charge in [0.25, 0.3) is 0 Å². The van der Waals surface area contributed by atoms with Crippen LogP contribution in [0.15, 0.2) is 30.3 Å². The number of hydrogen-bond donors (Lipinski definition) is 2. The quantitative estimate of drug-likeness (QED) is 0.532. The van der Waals surface area contributed by atoms with Crippen LogP contribution in [0.4, 0.5) is 5.00 Å². The zero-order chi connectivity index (χ0) is 24.7. The minimum Gasteiger partial charge on any atom is -0.376 e. The number of ether oxygens (including phenoxy) is 1. The summed E-state index contributed by atoms with van der Waals surface area (Å²) in [6.07, 6.45) is 1.38. The van der Waals surface area contributed by atoms with Crippen LogP contribution in [0.1, 0.15) is 47.0 Å². The molecule has 4 atom stereocenters. The molecule has 1 aromatic carbocycles. The van der Waals surface area contributed by atoms with Crippen LogP contribution in [0, 0.1) is 5.92 Å². The highest BCUT2D eigenvalue weighted by atomic mass is 32.1. The van der Waals surface area contributed by atoms with Gasteiger partial charge in [-0.3, -0.25) is 14.4 Å². The van der Waals surface area contributed by atoms with Gasteiger partial charge < -0.3 is 20.3 Å². The van der Waals surface area contributed by atoms with Crippen LogP contribution in [0.5, 0.6) is 0 Å². The van der Waals surface area contributed by atoms with Crippen molar-refractivity contribution in [1.29, 1.82) is 0 Å². The highest BCUT2D eigenvalue weighted by Crippen LogP contribution is 2.30. The first-order valence-electron chi connectivity index (χ1n) is 11.8. The second-order valence-electron chi connectivity index (χ2n) is 8.45. The molecule has 2 aromatic rings. The molecule has 2 heterocycles. The third-order valence-corrected chi connectivity index (χ3v) is 6.77. The number of anilines is 1. The van der Waals surface area contributed by atoms with Gasteiger partial charge >= 0.3 is 0 Å². The molecule has 0 radical (unpaired) electrons. The molecule has 2 N–H and O–H groups in total. The van der Waals surface area contributed by atoms with Crippen LogP contribution < -0.4 is 10.6 Å². The molecule has 1 fully saturated rings. The van der Waals surface area contributed by atoms with Gasteiger partial charge in [-0.25, -0.2) is 0 Å². The topological polar surface area (TPSA) is 114 Å². The summed E-state index contributed by atoms with van der Waals surface area (Å²) in [5.74, 6) is -1.01. The first-order valence-corrected chi connectivity index (χ1v) is 12.6. The van der Waals surface area contributed by atoms with E-state index in [4.69, 9.17) is 4.74 Å². The molecule has 184 valence electrons. The summed E-state index contributed by atoms with van der Waals surface area (Å²) in [5.41, 5.74) is 1.45. The average Bonchev–Trinajstić information content (AvgIpc) is 3.52. The number of carbonyl (C=O) groups excluding carboxylic acids is 3. The smallest absolute Gasteiger partial charge is 0.248 e. The van der Waals surface area contributed by atoms with Crippen molar-refractivity contribution in [3.8, 4) is 11.3 Å². The number of amides is 3. The summed E-state index contributed by atoms with van der Waals surface area (Å²) in [4.78, 5) is 40.9. The molecular weight excluding hydrogens is 454 g/mol. The molecule has 34 heavy (non-hydrogen) atoms. The van der Waals surface area contributed by atoms with Crippen molar-refractivity contribution in [1.82, 2.24) is 19.8 Å². The van der Waals surface area contributed by atoms with Crippen molar-refractivity contribution in [3.63, 3.8) is 0 Å². The highest BCUT2D eigenvalue weighted by molar-refractivity contribution is 7.10. The Kier molecular flexibility index (Phi) is 9.12. The van der Waals surface area contributed by atoms with E-state index in [1.807, 2.05) is 51.1 Å². The largest absolute Gasteiger partial charge is 0.376 e. The SMILES string of the molecule is CCO[C@@H](C)[C@H](NC(=O)[C@H](C)CC)C(=O)N1CCC[C@H]1C(=O)Nc1snnc1-c1ccccc1. The van der Waals surface area contributed by atoms with Crippen molar-refractivity contribution in [2.45, 2.75) is 65.1 Å². The maximum absolute atomic E-state index is 13.5. The molecule has 0 bridgehead atoms. The zero-order valence-electron chi connectivity index (χ0n) is 20.1. The molecule has 3 rings (SSSR count). The van der Waals surface area contributed by atoms with Gasteiger partial charge in [0.1, 0.15) is 22.8 Å². The van der Waals surface area contributed by atoms with Gasteiger partial charge in [0.05, 0.1) is 6.10 Å². The van der Waals surface area contributed by atoms with E-state index in [0.29, 0.717) is 43.1 Å². The lowest BCUT2D eigenvalue weighted by Gasteiger charge is -2.32. The fourth-order valence-corrected chi connectivity index (χ4v) is 4.55. The Hall–Kier alpha value is -2.85. The van der Waals surface area contributed by atoms with Gasteiger partial charge in [0, 0.05) is 36.2 Å². The Balaban J connectivity index is 1.76. The van der Waals surface area contributed by atoms with E-state index in [2.05, 4.69) is 20.2 Å². The van der Waals surface area contributed by atoms with Gasteiger partial charge in [0.2, 0.25) is 17.7 Å². The maximum Gasteiger partial charge on any atom is 0.248 e. The van der Waals surface area contributed by atoms with E-state index in [1.165, 1.54) is 0 Å². The number of aromatic nitrogens is 2. The third kappa shape index (κ3) is 5.98. The maximum atomic E-state index is 13.5. The lowest BCUT2D eigenvalue weighted by atomic mass is 10.1. The molecule has 1 aliphatic rings. The average molecular weight is 488 g/mol. The zero-order valence-corrected chi connectivity index (χ0v) is 20.9. The molecule has 1 aliphatic heterocycles. The van der Waals surface area contributed by atoms with E-state index in [9.17, 15) is 14.4 Å². The first-order chi connectivity index (χ1) is 16.4. The predicted octanol–water partition coefficient (Wildman–Crippen LogP) is 3.09. The van der Waals surface area contributed by atoms with Crippen LogP contribution in [-0.2, 0) is 19.1 Å². The van der Waals surface area contributed by atoms with E-state index >= 15 is 0 Å². The molecule has 1 saturated heterocycles. The van der Waals surface area contributed by atoms with Crippen LogP contribution >= 0.6 is 11.5 Å². The molecular formula is C24H33N5O4S. The minimum atomic E-state index is -0.861. The fraction of sp³-hybridized carbons (Fsp3) is 0.542. The first kappa shape index (κ1) is 25.8. The Morgan fingerprint density at radius 1 is 1.21 bits per heavy atom. The Morgan fingerprint density at radius 3 is 2.62 bits per heavy atom. The predicted molar refractivity (Wildman–Crippen MR) is 131 cm³/mol. The van der Waals surface area contributed by atoms with Crippen LogP contribution in [-0.4, -0.2) is 63.5 Å². The Morgan fingerprint density at radius 2 is 1.94 bits per heavy atom. The molecule has 0 saturated carbocycles. The third-order valence-electron chi connectivity index (χ3n) is 6.13. The number of nitrogens with zero attached hydrogens (tertiary/aromatic N) is 3. The lowest BCUT2D eigenvalue weighted by molar-refractivity contribution is -0.144. The molecule has 10 heteroatoms. The Bertz CT molecular complexity index is 983. The molecule has 9 nitrogen and oxygen atoms in total. The van der Waals surface area contributed by atoms with Gasteiger partial charge in [-0.15, -0.1) is 5.10 Å². The van der Waals surface area contributed by atoms with Crippen molar-refractivity contribution in [2.24, 2.45) is 5.92 Å². The summed E-state index contributed by atoms with van der Waals surface area (Å²) in [6.45, 7) is 8.21. The van der Waals surface area contributed by atoms with Crippen LogP contribution in [0.2, 0.25) is 0 Å². The second-order valence-corrected chi connectivity index (χ2v) is 9.21. The van der Waals surface area contributed by atoms with Gasteiger partial charge in [0.15, 0.2) is 0 Å². The molecule has 0 aliphatic carbocycles. The monoisotopic (exact) mass is 487 g/mol. The molecule has 1 aromatic heterocycles. The number of benzene rings is 1. The number of carbonyl (C=O) groups is 3. The summed E-state index contributed by atoms with van der Waals surface area (Å²) in [7, 11) is 0. The number of rotatable bonds is 10. The second kappa shape index (κ2) is 12.0. The summed E-state index contributed by atoms with van der Waals surface area (Å²) >= 11 is 1.10. The van der Waals surface area contributed by atoms with Crippen molar-refractivity contribution >= 4 is 34.3 Å². The number of hydrogen-bond acceptors (Lipinski definition) is 7. The Labute approximate surface area is 204 Å². The normalized spacial score (nSPS) is 18.2. The van der Waals surface area contributed by atoms with Gasteiger partial charge in [-0.05, 0) is 33.1 Å². The summed E-state index contributed by atoms with van der Waals surface area (Å²) in [5, 5.41) is 10.5. The van der Waals surface area contributed by atoms with Crippen molar-refractivity contribution in [2.75, 3.05) is 18.5 Å². The van der Waals surface area contributed by atoms with E-state index in [-0.39, 0.29) is 23.6 Å². The lowest BCUT2D eigenvalue weighted by Crippen LogP contribution is -2.57. The van der Waals surface area contributed by atoms with E-state index in [1.54, 1.807) is 11.8 Å². The summed E-state index contributed by atoms with van der Waals surface area (Å²) < 4.78 is 9.66. The minimum absolute atomic E-state index is 0.198. The standard InChI is InChI=1S/C24H33N5O4S/c1-5-15(3)21(30)25-19(16(4)33-6-2)24(32)29-14-10-13-18(29)22(31)26-23-20(27-28-34-23)17-11-8-7-9-12-17/h7-9,11-12,15-16,18-19H,5-6,10,13-14H2,1-4H3,(H,25,30)(H,26,31)/t15-,16+,18+,19+/m1/s1. The number of likely N-dealkylation sites (tertiary alicyclic amines) is 1. The van der Waals surface area contributed by atoms with Crippen LogP contribution in [0.25, 0.3) is 11.3 Å². The van der Waals surface area contributed by atoms with Crippen molar-refractivity contribution < 1.29 is 19.1 Å². The van der Waals surface area contributed by atoms with Gasteiger partial charge in [-0.1, -0.05) is 48.7 Å². The molecule has 0 spiro atoms. The number of nitrogens with one attached hydrogen (secondary N) is 2. The molecule has 3 amide bonds. The fourth-order valence-electron chi connectivity index (χ4n) is 3.95. The van der Waals surface area contributed by atoms with Crippen LogP contribution in [0.3, 0.4) is 0 Å². The van der Waals surface area contributed by atoms with Crippen molar-refractivity contribution in [3.05, 3.63) is 30.3 Å². The van der Waals surface area contributed by atoms with E-state index in [0.717, 1.165) is 17.1 Å². The summed E-state index contributed by atoms with van der Waals surface area (Å²) in [6, 6.07) is 7.99. The highest BCUT2D eigenvalue weighted by Gasteiger charge is 2.40.